The van der Waals surface area contributed by atoms with Crippen LogP contribution in [0.3, 0.4) is 0 Å². The van der Waals surface area contributed by atoms with Crippen LogP contribution >= 0.6 is 11.6 Å². The van der Waals surface area contributed by atoms with Crippen LogP contribution in [-0.2, 0) is 6.61 Å². The largest absolute Gasteiger partial charge is 0.487 e. The van der Waals surface area contributed by atoms with Gasteiger partial charge in [-0.3, -0.25) is 0 Å². The topological polar surface area (TPSA) is 35.2 Å². The van der Waals surface area contributed by atoms with Gasteiger partial charge < -0.3 is 10.5 Å². The maximum absolute atomic E-state index is 6.02. The van der Waals surface area contributed by atoms with E-state index in [9.17, 15) is 0 Å². The molecule has 17 heavy (non-hydrogen) atoms. The average Bonchev–Trinajstić information content (AvgIpc) is 2.30. The van der Waals surface area contributed by atoms with Gasteiger partial charge in [-0.25, -0.2) is 0 Å². The molecule has 0 saturated heterocycles. The number of nitrogen functional groups attached to an aromatic ring is 1. The van der Waals surface area contributed by atoms with Crippen molar-refractivity contribution in [2.24, 2.45) is 0 Å². The van der Waals surface area contributed by atoms with Crippen LogP contribution in [0.4, 0.5) is 5.69 Å². The second kappa shape index (κ2) is 5.11. The fraction of sp³-hybridized carbons (Fsp3) is 0.143. The van der Waals surface area contributed by atoms with Gasteiger partial charge in [-0.05, 0) is 30.7 Å². The zero-order chi connectivity index (χ0) is 12.3. The second-order valence-corrected chi connectivity index (χ2v) is 4.37. The summed E-state index contributed by atoms with van der Waals surface area (Å²) < 4.78 is 5.63. The van der Waals surface area contributed by atoms with Gasteiger partial charge in [0.05, 0.1) is 5.02 Å². The lowest BCUT2D eigenvalue weighted by atomic mass is 10.2. The summed E-state index contributed by atoms with van der Waals surface area (Å²) in [5, 5.41) is 0.539. The first-order valence-corrected chi connectivity index (χ1v) is 5.76. The van der Waals surface area contributed by atoms with Gasteiger partial charge in [0.2, 0.25) is 0 Å². The molecule has 0 aliphatic rings. The number of nitrogens with two attached hydrogens (primary N) is 1. The van der Waals surface area contributed by atoms with E-state index in [4.69, 9.17) is 22.1 Å². The molecule has 2 rings (SSSR count). The summed E-state index contributed by atoms with van der Waals surface area (Å²) in [7, 11) is 0. The minimum Gasteiger partial charge on any atom is -0.487 e. The quantitative estimate of drug-likeness (QED) is 0.837. The molecule has 2 nitrogen and oxygen atoms in total. The Bertz CT molecular complexity index is 508. The number of halogens is 1. The lowest BCUT2D eigenvalue weighted by Crippen LogP contribution is -1.96. The SMILES string of the molecule is Cc1ccc(COc2ccc(N)cc2Cl)cc1. The number of hydrogen-bond donors (Lipinski definition) is 1. The molecule has 0 fully saturated rings. The van der Waals surface area contributed by atoms with Crippen molar-refractivity contribution in [2.75, 3.05) is 5.73 Å². The Hall–Kier alpha value is -1.67. The summed E-state index contributed by atoms with van der Waals surface area (Å²) in [5.74, 6) is 0.654. The van der Waals surface area contributed by atoms with Crippen LogP contribution in [0.5, 0.6) is 5.75 Å². The number of rotatable bonds is 3. The van der Waals surface area contributed by atoms with Gasteiger partial charge in [0, 0.05) is 5.69 Å². The molecular weight excluding hydrogens is 234 g/mol. The van der Waals surface area contributed by atoms with Crippen LogP contribution in [0.2, 0.25) is 5.02 Å². The zero-order valence-corrected chi connectivity index (χ0v) is 10.4. The van der Waals surface area contributed by atoms with E-state index >= 15 is 0 Å². The minimum absolute atomic E-state index is 0.504. The molecule has 0 bridgehead atoms. The Balaban J connectivity index is 2.04. The lowest BCUT2D eigenvalue weighted by Gasteiger charge is -2.08. The summed E-state index contributed by atoms with van der Waals surface area (Å²) in [5.41, 5.74) is 8.60. The van der Waals surface area contributed by atoms with Crippen molar-refractivity contribution in [3.05, 3.63) is 58.6 Å². The molecule has 0 spiro atoms. The highest BCUT2D eigenvalue weighted by atomic mass is 35.5. The van der Waals surface area contributed by atoms with Gasteiger partial charge in [-0.2, -0.15) is 0 Å². The molecule has 2 N–H and O–H groups in total. The van der Waals surface area contributed by atoms with Gasteiger partial charge in [0.25, 0.3) is 0 Å². The van der Waals surface area contributed by atoms with E-state index in [1.165, 1.54) is 5.56 Å². The van der Waals surface area contributed by atoms with Crippen LogP contribution in [0.1, 0.15) is 11.1 Å². The highest BCUT2D eigenvalue weighted by molar-refractivity contribution is 6.32. The van der Waals surface area contributed by atoms with Crippen LogP contribution in [0.25, 0.3) is 0 Å². The van der Waals surface area contributed by atoms with E-state index in [2.05, 4.69) is 19.1 Å². The summed E-state index contributed by atoms with van der Waals surface area (Å²) >= 11 is 6.02. The van der Waals surface area contributed by atoms with E-state index in [0.717, 1.165) is 5.56 Å². The van der Waals surface area contributed by atoms with Crippen molar-refractivity contribution in [3.8, 4) is 5.75 Å². The molecule has 0 radical (unpaired) electrons. The van der Waals surface area contributed by atoms with Crippen LogP contribution in [0.15, 0.2) is 42.5 Å². The summed E-state index contributed by atoms with van der Waals surface area (Å²) in [6, 6.07) is 13.4. The van der Waals surface area contributed by atoms with Crippen molar-refractivity contribution < 1.29 is 4.74 Å². The smallest absolute Gasteiger partial charge is 0.138 e. The second-order valence-electron chi connectivity index (χ2n) is 3.96. The maximum atomic E-state index is 6.02. The van der Waals surface area contributed by atoms with Gasteiger partial charge in [0.15, 0.2) is 0 Å². The van der Waals surface area contributed by atoms with Gasteiger partial charge >= 0.3 is 0 Å². The number of anilines is 1. The van der Waals surface area contributed by atoms with Crippen LogP contribution in [0, 0.1) is 6.92 Å². The molecule has 0 atom stereocenters. The first-order chi connectivity index (χ1) is 8.15. The molecule has 0 amide bonds. The number of hydrogen-bond acceptors (Lipinski definition) is 2. The van der Waals surface area contributed by atoms with E-state index in [0.29, 0.717) is 23.1 Å². The Morgan fingerprint density at radius 1 is 1.12 bits per heavy atom. The van der Waals surface area contributed by atoms with Crippen molar-refractivity contribution >= 4 is 17.3 Å². The molecule has 2 aromatic carbocycles. The van der Waals surface area contributed by atoms with E-state index in [-0.39, 0.29) is 0 Å². The van der Waals surface area contributed by atoms with E-state index < -0.39 is 0 Å². The predicted molar refractivity (Wildman–Crippen MR) is 71.4 cm³/mol. The van der Waals surface area contributed by atoms with Crippen molar-refractivity contribution in [1.82, 2.24) is 0 Å². The molecule has 0 saturated carbocycles. The highest BCUT2D eigenvalue weighted by Gasteiger charge is 2.02. The standard InChI is InChI=1S/C14H14ClNO/c1-10-2-4-11(5-3-10)9-17-14-7-6-12(16)8-13(14)15/h2-8H,9,16H2,1H3. The monoisotopic (exact) mass is 247 g/mol. The van der Waals surface area contributed by atoms with Crippen molar-refractivity contribution in [3.63, 3.8) is 0 Å². The third-order valence-electron chi connectivity index (χ3n) is 2.47. The Labute approximate surface area is 106 Å². The normalized spacial score (nSPS) is 10.2. The Morgan fingerprint density at radius 3 is 2.47 bits per heavy atom. The summed E-state index contributed by atoms with van der Waals surface area (Å²) in [6.07, 6.45) is 0. The first kappa shape index (κ1) is 11.8. The molecule has 0 unspecified atom stereocenters. The third kappa shape index (κ3) is 3.14. The molecule has 2 aromatic rings. The summed E-state index contributed by atoms with van der Waals surface area (Å²) in [4.78, 5) is 0. The molecule has 0 aliphatic heterocycles. The van der Waals surface area contributed by atoms with E-state index in [1.807, 2.05) is 12.1 Å². The predicted octanol–water partition coefficient (Wildman–Crippen LogP) is 3.81. The van der Waals surface area contributed by atoms with Gasteiger partial charge in [-0.15, -0.1) is 0 Å². The number of ether oxygens (including phenoxy) is 1. The van der Waals surface area contributed by atoms with E-state index in [1.54, 1.807) is 18.2 Å². The fourth-order valence-electron chi connectivity index (χ4n) is 1.48. The molecule has 0 aliphatic carbocycles. The van der Waals surface area contributed by atoms with Crippen molar-refractivity contribution in [2.45, 2.75) is 13.5 Å². The molecular formula is C14H14ClNO. The third-order valence-corrected chi connectivity index (χ3v) is 2.77. The fourth-order valence-corrected chi connectivity index (χ4v) is 1.72. The molecule has 3 heteroatoms. The zero-order valence-electron chi connectivity index (χ0n) is 9.61. The minimum atomic E-state index is 0.504. The van der Waals surface area contributed by atoms with Gasteiger partial charge in [0.1, 0.15) is 12.4 Å². The Morgan fingerprint density at radius 2 is 1.82 bits per heavy atom. The number of benzene rings is 2. The lowest BCUT2D eigenvalue weighted by molar-refractivity contribution is 0.306. The highest BCUT2D eigenvalue weighted by Crippen LogP contribution is 2.27. The Kier molecular flexibility index (Phi) is 3.55. The molecule has 88 valence electrons. The van der Waals surface area contributed by atoms with Crippen LogP contribution < -0.4 is 10.5 Å². The number of aryl methyl sites for hydroxylation is 1. The van der Waals surface area contributed by atoms with Gasteiger partial charge in [-0.1, -0.05) is 41.4 Å². The molecule has 0 aromatic heterocycles. The van der Waals surface area contributed by atoms with Crippen molar-refractivity contribution in [1.29, 1.82) is 0 Å². The van der Waals surface area contributed by atoms with Crippen LogP contribution in [-0.4, -0.2) is 0 Å². The maximum Gasteiger partial charge on any atom is 0.138 e. The molecule has 0 heterocycles. The summed E-state index contributed by atoms with van der Waals surface area (Å²) in [6.45, 7) is 2.56. The average molecular weight is 248 g/mol. The first-order valence-electron chi connectivity index (χ1n) is 5.38.